The van der Waals surface area contributed by atoms with E-state index in [0.29, 0.717) is 34.8 Å². The Morgan fingerprint density at radius 2 is 1.84 bits per heavy atom. The average Bonchev–Trinajstić information content (AvgIpc) is 2.74. The van der Waals surface area contributed by atoms with Gasteiger partial charge in [-0.3, -0.25) is 4.79 Å². The van der Waals surface area contributed by atoms with E-state index >= 15 is 0 Å². The van der Waals surface area contributed by atoms with Crippen molar-refractivity contribution in [2.75, 3.05) is 6.61 Å². The van der Waals surface area contributed by atoms with Crippen molar-refractivity contribution in [3.63, 3.8) is 0 Å². The van der Waals surface area contributed by atoms with Crippen molar-refractivity contribution in [2.24, 2.45) is 5.10 Å². The zero-order valence-electron chi connectivity index (χ0n) is 16.9. The Labute approximate surface area is 214 Å². The van der Waals surface area contributed by atoms with Crippen molar-refractivity contribution in [1.29, 1.82) is 0 Å². The van der Waals surface area contributed by atoms with E-state index in [1.54, 1.807) is 12.1 Å². The summed E-state index contributed by atoms with van der Waals surface area (Å²) in [5.41, 5.74) is 4.34. The van der Waals surface area contributed by atoms with E-state index < -0.39 is 5.91 Å². The minimum atomic E-state index is -0.442. The maximum absolute atomic E-state index is 12.3. The quantitative estimate of drug-likeness (QED) is 0.172. The van der Waals surface area contributed by atoms with Crippen LogP contribution in [0.25, 0.3) is 0 Å². The fourth-order valence-electron chi connectivity index (χ4n) is 2.73. The van der Waals surface area contributed by atoms with Crippen LogP contribution in [0, 0.1) is 3.57 Å². The molecule has 3 aromatic carbocycles. The molecule has 32 heavy (non-hydrogen) atoms. The molecule has 166 valence electrons. The molecule has 0 heterocycles. The number of amides is 1. The highest BCUT2D eigenvalue weighted by Gasteiger charge is 2.13. The van der Waals surface area contributed by atoms with Crippen LogP contribution in [0.1, 0.15) is 28.4 Å². The monoisotopic (exact) mass is 602 g/mol. The van der Waals surface area contributed by atoms with Crippen LogP contribution in [-0.4, -0.2) is 18.7 Å². The molecule has 0 spiro atoms. The SMILES string of the molecule is CCOc1cc(/C=N\NC(=O)c2ccc(Cl)cc2Cl)cc(I)c1OCc1ccccc1Cl. The predicted octanol–water partition coefficient (Wildman–Crippen LogP) is 6.99. The highest BCUT2D eigenvalue weighted by atomic mass is 127. The smallest absolute Gasteiger partial charge is 0.272 e. The van der Waals surface area contributed by atoms with Gasteiger partial charge in [0, 0.05) is 15.6 Å². The van der Waals surface area contributed by atoms with Crippen LogP contribution in [0.4, 0.5) is 0 Å². The number of nitrogens with zero attached hydrogens (tertiary/aromatic N) is 1. The summed E-state index contributed by atoms with van der Waals surface area (Å²) in [7, 11) is 0. The lowest BCUT2D eigenvalue weighted by Crippen LogP contribution is -2.18. The van der Waals surface area contributed by atoms with Gasteiger partial charge in [-0.15, -0.1) is 0 Å². The van der Waals surface area contributed by atoms with E-state index in [9.17, 15) is 4.79 Å². The van der Waals surface area contributed by atoms with Crippen LogP contribution in [0.3, 0.4) is 0 Å². The molecule has 0 aromatic heterocycles. The molecule has 0 bridgehead atoms. The van der Waals surface area contributed by atoms with Crippen molar-refractivity contribution in [3.05, 3.63) is 89.9 Å². The molecule has 1 N–H and O–H groups in total. The van der Waals surface area contributed by atoms with Crippen molar-refractivity contribution >= 4 is 69.5 Å². The topological polar surface area (TPSA) is 59.9 Å². The van der Waals surface area contributed by atoms with Gasteiger partial charge in [0.05, 0.1) is 27.0 Å². The van der Waals surface area contributed by atoms with Crippen molar-refractivity contribution in [2.45, 2.75) is 13.5 Å². The zero-order valence-corrected chi connectivity index (χ0v) is 21.3. The van der Waals surface area contributed by atoms with E-state index in [-0.39, 0.29) is 10.6 Å². The maximum atomic E-state index is 12.3. The number of nitrogens with one attached hydrogen (secondary N) is 1. The summed E-state index contributed by atoms with van der Waals surface area (Å²) in [4.78, 5) is 12.3. The van der Waals surface area contributed by atoms with Gasteiger partial charge in [0.15, 0.2) is 11.5 Å². The first-order valence-corrected chi connectivity index (χ1v) is 11.7. The van der Waals surface area contributed by atoms with Crippen LogP contribution in [0.2, 0.25) is 15.1 Å². The highest BCUT2D eigenvalue weighted by molar-refractivity contribution is 14.1. The third kappa shape index (κ3) is 6.51. The number of carbonyl (C=O) groups excluding carboxylic acids is 1. The minimum absolute atomic E-state index is 0.249. The van der Waals surface area contributed by atoms with E-state index in [0.717, 1.165) is 14.7 Å². The molecule has 9 heteroatoms. The number of halogens is 4. The molecule has 0 aliphatic carbocycles. The van der Waals surface area contributed by atoms with Crippen LogP contribution in [-0.2, 0) is 6.61 Å². The molecule has 3 rings (SSSR count). The molecule has 0 saturated heterocycles. The Hall–Kier alpha value is -2.00. The number of benzene rings is 3. The number of rotatable bonds is 8. The molecule has 0 unspecified atom stereocenters. The van der Waals surface area contributed by atoms with E-state index in [1.165, 1.54) is 18.3 Å². The van der Waals surface area contributed by atoms with Gasteiger partial charge in [0.25, 0.3) is 5.91 Å². The Morgan fingerprint density at radius 3 is 2.56 bits per heavy atom. The molecule has 0 saturated carbocycles. The van der Waals surface area contributed by atoms with Crippen molar-refractivity contribution < 1.29 is 14.3 Å². The third-order valence-electron chi connectivity index (χ3n) is 4.22. The lowest BCUT2D eigenvalue weighted by molar-refractivity contribution is 0.0955. The molecular weight excluding hydrogens is 586 g/mol. The summed E-state index contributed by atoms with van der Waals surface area (Å²) in [6.45, 7) is 2.66. The van der Waals surface area contributed by atoms with Crippen LogP contribution >= 0.6 is 57.4 Å². The summed E-state index contributed by atoms with van der Waals surface area (Å²) in [6, 6.07) is 15.8. The molecular formula is C23H18Cl3IN2O3. The Kier molecular flexibility index (Phi) is 9.04. The standard InChI is InChI=1S/C23H18Cl3IN2O3/c1-2-31-21-10-14(12-28-29-23(30)17-8-7-16(24)11-19(17)26)9-20(27)22(21)32-13-15-5-3-4-6-18(15)25/h3-12H,2,13H2,1H3,(H,29,30)/b28-12-. The average molecular weight is 604 g/mol. The summed E-state index contributed by atoms with van der Waals surface area (Å²) in [5, 5.41) is 5.36. The normalized spacial score (nSPS) is 10.9. The molecule has 0 atom stereocenters. The molecule has 1 amide bonds. The van der Waals surface area contributed by atoms with Crippen LogP contribution in [0.5, 0.6) is 11.5 Å². The van der Waals surface area contributed by atoms with Gasteiger partial charge in [-0.2, -0.15) is 5.10 Å². The molecule has 0 aliphatic heterocycles. The van der Waals surface area contributed by atoms with Gasteiger partial charge >= 0.3 is 0 Å². The Bertz CT molecular complexity index is 1160. The van der Waals surface area contributed by atoms with E-state index in [2.05, 4.69) is 33.1 Å². The van der Waals surface area contributed by atoms with E-state index in [4.69, 9.17) is 44.3 Å². The van der Waals surface area contributed by atoms with Crippen LogP contribution in [0.15, 0.2) is 59.7 Å². The van der Waals surface area contributed by atoms with Crippen LogP contribution < -0.4 is 14.9 Å². The molecule has 0 radical (unpaired) electrons. The first-order valence-electron chi connectivity index (χ1n) is 9.50. The van der Waals surface area contributed by atoms with Gasteiger partial charge in [0.1, 0.15) is 6.61 Å². The largest absolute Gasteiger partial charge is 0.490 e. The lowest BCUT2D eigenvalue weighted by atomic mass is 10.2. The molecule has 3 aromatic rings. The summed E-state index contributed by atoms with van der Waals surface area (Å²) >= 11 is 20.3. The first kappa shape index (κ1) is 24.6. The minimum Gasteiger partial charge on any atom is -0.490 e. The molecule has 0 fully saturated rings. The number of hydrogen-bond acceptors (Lipinski definition) is 4. The van der Waals surface area contributed by atoms with Gasteiger partial charge < -0.3 is 9.47 Å². The maximum Gasteiger partial charge on any atom is 0.272 e. The summed E-state index contributed by atoms with van der Waals surface area (Å²) in [6.07, 6.45) is 1.52. The van der Waals surface area contributed by atoms with Gasteiger partial charge in [0.2, 0.25) is 0 Å². The molecule has 0 aliphatic rings. The van der Waals surface area contributed by atoms with Gasteiger partial charge in [-0.05, 0) is 71.5 Å². The number of hydrogen-bond donors (Lipinski definition) is 1. The Balaban J connectivity index is 1.74. The van der Waals surface area contributed by atoms with Gasteiger partial charge in [-0.1, -0.05) is 53.0 Å². The zero-order chi connectivity index (χ0) is 23.1. The number of hydrazone groups is 1. The van der Waals surface area contributed by atoms with E-state index in [1.807, 2.05) is 37.3 Å². The summed E-state index contributed by atoms with van der Waals surface area (Å²) < 4.78 is 12.6. The second-order valence-corrected chi connectivity index (χ2v) is 8.88. The van der Waals surface area contributed by atoms with Crippen molar-refractivity contribution in [3.8, 4) is 11.5 Å². The second kappa shape index (κ2) is 11.7. The fourth-order valence-corrected chi connectivity index (χ4v) is 4.20. The number of ether oxygens (including phenoxy) is 2. The lowest BCUT2D eigenvalue weighted by Gasteiger charge is -2.15. The predicted molar refractivity (Wildman–Crippen MR) is 138 cm³/mol. The van der Waals surface area contributed by atoms with Crippen molar-refractivity contribution in [1.82, 2.24) is 5.43 Å². The number of carbonyl (C=O) groups is 1. The fraction of sp³-hybridized carbons (Fsp3) is 0.130. The van der Waals surface area contributed by atoms with Gasteiger partial charge in [-0.25, -0.2) is 5.43 Å². The summed E-state index contributed by atoms with van der Waals surface area (Å²) in [5.74, 6) is 0.740. The second-order valence-electron chi connectivity index (χ2n) is 6.47. The third-order valence-corrected chi connectivity index (χ3v) is 5.93. The first-order chi connectivity index (χ1) is 15.4. The highest BCUT2D eigenvalue weighted by Crippen LogP contribution is 2.35. The Morgan fingerprint density at radius 1 is 1.06 bits per heavy atom. The molecule has 5 nitrogen and oxygen atoms in total.